The molecule has 0 spiro atoms. The van der Waals surface area contributed by atoms with Gasteiger partial charge in [-0.15, -0.1) is 0 Å². The van der Waals surface area contributed by atoms with E-state index in [1.807, 2.05) is 0 Å². The van der Waals surface area contributed by atoms with Crippen LogP contribution in [0.2, 0.25) is 48.4 Å². The second-order valence-corrected chi connectivity index (χ2v) is 33.5. The summed E-state index contributed by atoms with van der Waals surface area (Å²) in [5, 5.41) is 0. The van der Waals surface area contributed by atoms with Gasteiger partial charge in [-0.2, -0.15) is 0 Å². The lowest BCUT2D eigenvalue weighted by molar-refractivity contribution is 0.0369. The van der Waals surface area contributed by atoms with Crippen molar-refractivity contribution in [2.45, 2.75) is 195 Å². The first kappa shape index (κ1) is 38.7. The van der Waals surface area contributed by atoms with Gasteiger partial charge < -0.3 is 0 Å². The molecule has 0 saturated heterocycles. The molecule has 50 heavy (non-hydrogen) atoms. The summed E-state index contributed by atoms with van der Waals surface area (Å²) < 4.78 is 0. The molecule has 0 aromatic carbocycles. The summed E-state index contributed by atoms with van der Waals surface area (Å²) in [4.78, 5) is 0. The number of fused-ring (bicyclic) bond motifs is 2. The van der Waals surface area contributed by atoms with Crippen molar-refractivity contribution in [3.05, 3.63) is 0 Å². The highest BCUT2D eigenvalue weighted by molar-refractivity contribution is 6.81. The van der Waals surface area contributed by atoms with Crippen molar-refractivity contribution in [2.24, 2.45) is 107 Å². The van der Waals surface area contributed by atoms with Gasteiger partial charge in [-0.05, 0) is 161 Å². The van der Waals surface area contributed by atoms with Crippen LogP contribution in [0.25, 0.3) is 0 Å². The average molecular weight is 721 g/mol. The molecule has 7 rings (SSSR count). The Kier molecular flexibility index (Phi) is 11.0. The van der Waals surface area contributed by atoms with Gasteiger partial charge >= 0.3 is 0 Å². The minimum atomic E-state index is -1.40. The Bertz CT molecular complexity index is 1060. The van der Waals surface area contributed by atoms with Crippen LogP contribution in [-0.4, -0.2) is 16.1 Å². The molecule has 7 fully saturated rings. The topological polar surface area (TPSA) is 0 Å². The Hall–Kier alpha value is 0.434. The van der Waals surface area contributed by atoms with Gasteiger partial charge in [-0.1, -0.05) is 140 Å². The van der Waals surface area contributed by atoms with Crippen molar-refractivity contribution >= 4 is 16.1 Å². The van der Waals surface area contributed by atoms with Crippen LogP contribution in [-0.2, 0) is 0 Å². The van der Waals surface area contributed by atoms with Crippen LogP contribution in [0, 0.1) is 107 Å². The number of hydrogen-bond donors (Lipinski definition) is 0. The lowest BCUT2D eigenvalue weighted by atomic mass is 9.59. The van der Waals surface area contributed by atoms with Gasteiger partial charge in [0.15, 0.2) is 0 Å². The minimum absolute atomic E-state index is 0.917. The molecule has 0 aliphatic heterocycles. The average Bonchev–Trinajstić information content (AvgIpc) is 3.73. The van der Waals surface area contributed by atoms with Gasteiger partial charge in [0.05, 0.1) is 16.1 Å². The van der Waals surface area contributed by atoms with Gasteiger partial charge in [0, 0.05) is 0 Å². The quantitative estimate of drug-likeness (QED) is 0.240. The maximum atomic E-state index is 2.91. The molecule has 7 aliphatic rings. The van der Waals surface area contributed by atoms with E-state index in [4.69, 9.17) is 0 Å². The molecule has 0 heterocycles. The third kappa shape index (κ3) is 6.03. The van der Waals surface area contributed by atoms with E-state index < -0.39 is 16.1 Å². The van der Waals surface area contributed by atoms with Crippen molar-refractivity contribution < 1.29 is 0 Å². The summed E-state index contributed by atoms with van der Waals surface area (Å²) in [5.74, 6) is 17.9. The maximum absolute atomic E-state index is 2.91. The molecule has 0 aromatic heterocycles. The minimum Gasteiger partial charge on any atom is -0.0689 e. The van der Waals surface area contributed by atoms with Crippen LogP contribution in [0.3, 0.4) is 0 Å². The standard InChI is InChI=1S/C48H88Si2/c1-27-24-43-39(20-16-22-41(43)45(27)49(11,12)47-33(7)29(3)30(4)34(47)8)37-18-15-19-38(26-37)40-21-17-23-42-44(40)25-28(2)46(42)50(13,14)48-35(9)31(5)32(6)36(48)10/h27-48H,15-26H2,1-14H3. The van der Waals surface area contributed by atoms with Crippen LogP contribution in [0.4, 0.5) is 0 Å². The van der Waals surface area contributed by atoms with Gasteiger partial charge in [0.2, 0.25) is 0 Å². The van der Waals surface area contributed by atoms with Crippen LogP contribution < -0.4 is 0 Å². The Labute approximate surface area is 316 Å². The Balaban J connectivity index is 1.06. The third-order valence-electron chi connectivity index (χ3n) is 21.4. The summed E-state index contributed by atoms with van der Waals surface area (Å²) in [7, 11) is -2.81. The van der Waals surface area contributed by atoms with E-state index in [0.29, 0.717) is 0 Å². The summed E-state index contributed by atoms with van der Waals surface area (Å²) in [6, 6.07) is 0. The first-order valence-corrected chi connectivity index (χ1v) is 29.8. The number of rotatable bonds is 6. The molecule has 0 N–H and O–H groups in total. The fourth-order valence-corrected chi connectivity index (χ4v) is 33.1. The predicted octanol–water partition coefficient (Wildman–Crippen LogP) is 15.0. The summed E-state index contributed by atoms with van der Waals surface area (Å²) in [6.45, 7) is 38.3. The molecule has 0 aromatic rings. The van der Waals surface area contributed by atoms with E-state index >= 15 is 0 Å². The maximum Gasteiger partial charge on any atom is 0.0546 e. The smallest absolute Gasteiger partial charge is 0.0546 e. The van der Waals surface area contributed by atoms with E-state index in [1.54, 1.807) is 77.0 Å². The molecule has 288 valence electrons. The zero-order chi connectivity index (χ0) is 36.2. The molecule has 0 radical (unpaired) electrons. The largest absolute Gasteiger partial charge is 0.0689 e. The zero-order valence-corrected chi connectivity index (χ0v) is 38.2. The summed E-state index contributed by atoms with van der Waals surface area (Å²) in [5.41, 5.74) is 4.24. The molecule has 0 amide bonds. The van der Waals surface area contributed by atoms with E-state index in [1.165, 1.54) is 0 Å². The highest BCUT2D eigenvalue weighted by Gasteiger charge is 2.61. The summed E-state index contributed by atoms with van der Waals surface area (Å²) in [6.07, 6.45) is 19.1. The highest BCUT2D eigenvalue weighted by Crippen LogP contribution is 2.68. The molecule has 20 atom stereocenters. The molecule has 2 heteroatoms. The van der Waals surface area contributed by atoms with Crippen molar-refractivity contribution in [1.82, 2.24) is 0 Å². The van der Waals surface area contributed by atoms with Gasteiger partial charge in [0.1, 0.15) is 0 Å². The van der Waals surface area contributed by atoms with Crippen molar-refractivity contribution in [3.63, 3.8) is 0 Å². The monoisotopic (exact) mass is 721 g/mol. The zero-order valence-electron chi connectivity index (χ0n) is 36.2. The third-order valence-corrected chi connectivity index (χ3v) is 32.4. The second kappa shape index (κ2) is 14.2. The fraction of sp³-hybridized carbons (Fsp3) is 1.00. The molecular formula is C48H88Si2. The van der Waals surface area contributed by atoms with Crippen molar-refractivity contribution in [1.29, 1.82) is 0 Å². The van der Waals surface area contributed by atoms with Crippen LogP contribution in [0.1, 0.15) is 146 Å². The predicted molar refractivity (Wildman–Crippen MR) is 225 cm³/mol. The molecule has 7 saturated carbocycles. The fourth-order valence-electron chi connectivity index (χ4n) is 19.4. The molecule has 0 bridgehead atoms. The normalized spacial score (nSPS) is 56.0. The second-order valence-electron chi connectivity index (χ2n) is 23.6. The van der Waals surface area contributed by atoms with Crippen LogP contribution in [0.5, 0.6) is 0 Å². The SMILES string of the molecule is CC1CC2C(C3CCCC(C4CCCC5C4CC(C)C5[Si](C)(C)C4C(C)C(C)C(C)C4C)C3)CCCC2C1[Si](C)(C)C1C(C)C(C)C(C)C1C. The first-order chi connectivity index (χ1) is 23.5. The molecular weight excluding hydrogens is 633 g/mol. The molecule has 20 unspecified atom stereocenters. The number of hydrogen-bond acceptors (Lipinski definition) is 0. The molecule has 0 nitrogen and oxygen atoms in total. The Morgan fingerprint density at radius 2 is 0.600 bits per heavy atom. The van der Waals surface area contributed by atoms with E-state index in [9.17, 15) is 0 Å². The van der Waals surface area contributed by atoms with Crippen molar-refractivity contribution in [3.8, 4) is 0 Å². The van der Waals surface area contributed by atoms with Gasteiger partial charge in [0.25, 0.3) is 0 Å². The Morgan fingerprint density at radius 3 is 0.940 bits per heavy atom. The molecule has 7 aliphatic carbocycles. The summed E-state index contributed by atoms with van der Waals surface area (Å²) >= 11 is 0. The lowest BCUT2D eigenvalue weighted by Gasteiger charge is -2.50. The lowest BCUT2D eigenvalue weighted by Crippen LogP contribution is -2.47. The van der Waals surface area contributed by atoms with Crippen LogP contribution >= 0.6 is 0 Å². The van der Waals surface area contributed by atoms with Gasteiger partial charge in [-0.25, -0.2) is 0 Å². The first-order valence-electron chi connectivity index (χ1n) is 23.5. The highest BCUT2D eigenvalue weighted by atomic mass is 28.3. The van der Waals surface area contributed by atoms with E-state index in [0.717, 1.165) is 129 Å². The Morgan fingerprint density at radius 1 is 0.300 bits per heavy atom. The van der Waals surface area contributed by atoms with E-state index in [2.05, 4.69) is 95.4 Å². The van der Waals surface area contributed by atoms with Crippen LogP contribution in [0.15, 0.2) is 0 Å². The van der Waals surface area contributed by atoms with Crippen molar-refractivity contribution in [2.75, 3.05) is 0 Å². The van der Waals surface area contributed by atoms with Gasteiger partial charge in [-0.3, -0.25) is 0 Å². The van der Waals surface area contributed by atoms with E-state index in [-0.39, 0.29) is 0 Å².